The average molecular weight is 247 g/mol. The van der Waals surface area contributed by atoms with Crippen molar-refractivity contribution in [2.24, 2.45) is 0 Å². The second kappa shape index (κ2) is 6.01. The number of piperidine rings is 1. The van der Waals surface area contributed by atoms with E-state index in [4.69, 9.17) is 0 Å². The number of phenolic OH excluding ortho intramolecular Hbond substituents is 1. The van der Waals surface area contributed by atoms with E-state index in [1.165, 1.54) is 12.8 Å². The van der Waals surface area contributed by atoms with Crippen LogP contribution in [0.25, 0.3) is 0 Å². The Bertz CT molecular complexity index is 417. The van der Waals surface area contributed by atoms with Gasteiger partial charge in [-0.3, -0.25) is 9.69 Å². The Kier molecular flexibility index (Phi) is 4.37. The lowest BCUT2D eigenvalue weighted by Crippen LogP contribution is -2.39. The number of carbonyl (C=O) groups is 1. The lowest BCUT2D eigenvalue weighted by molar-refractivity contribution is -0.118. The van der Waals surface area contributed by atoms with Crippen LogP contribution >= 0.6 is 0 Å². The van der Waals surface area contributed by atoms with Crippen LogP contribution in [-0.4, -0.2) is 28.4 Å². The predicted octanol–water partition coefficient (Wildman–Crippen LogP) is 2.73. The summed E-state index contributed by atoms with van der Waals surface area (Å²) in [7, 11) is 0. The number of likely N-dealkylation sites (tertiary alicyclic amines) is 1. The highest BCUT2D eigenvalue weighted by Gasteiger charge is 2.23. The van der Waals surface area contributed by atoms with Crippen LogP contribution in [-0.2, 0) is 11.3 Å². The second-order valence-electron chi connectivity index (χ2n) is 5.20. The SMILES string of the molecule is CC(=O)CC1CCCCN1Cc1cccc(O)c1. The Morgan fingerprint density at radius 1 is 1.44 bits per heavy atom. The predicted molar refractivity (Wildman–Crippen MR) is 71.5 cm³/mol. The molecule has 1 atom stereocenters. The highest BCUT2D eigenvalue weighted by Crippen LogP contribution is 2.23. The monoisotopic (exact) mass is 247 g/mol. The second-order valence-corrected chi connectivity index (χ2v) is 5.20. The highest BCUT2D eigenvalue weighted by molar-refractivity contribution is 5.76. The van der Waals surface area contributed by atoms with Gasteiger partial charge >= 0.3 is 0 Å². The van der Waals surface area contributed by atoms with E-state index in [1.807, 2.05) is 12.1 Å². The molecule has 0 radical (unpaired) electrons. The zero-order chi connectivity index (χ0) is 13.0. The Labute approximate surface area is 108 Å². The first-order valence-corrected chi connectivity index (χ1v) is 6.66. The van der Waals surface area contributed by atoms with Crippen molar-refractivity contribution in [1.29, 1.82) is 0 Å². The summed E-state index contributed by atoms with van der Waals surface area (Å²) in [5.41, 5.74) is 1.12. The van der Waals surface area contributed by atoms with Crippen LogP contribution in [0.1, 0.15) is 38.2 Å². The van der Waals surface area contributed by atoms with E-state index in [0.717, 1.165) is 25.1 Å². The number of nitrogens with zero attached hydrogens (tertiary/aromatic N) is 1. The molecule has 1 saturated heterocycles. The Hall–Kier alpha value is -1.35. The lowest BCUT2D eigenvalue weighted by Gasteiger charge is -2.35. The van der Waals surface area contributed by atoms with Crippen LogP contribution < -0.4 is 0 Å². The summed E-state index contributed by atoms with van der Waals surface area (Å²) in [5, 5.41) is 9.48. The minimum absolute atomic E-state index is 0.266. The van der Waals surface area contributed by atoms with E-state index >= 15 is 0 Å². The van der Waals surface area contributed by atoms with Crippen molar-refractivity contribution in [3.8, 4) is 5.75 Å². The van der Waals surface area contributed by atoms with Gasteiger partial charge in [0.1, 0.15) is 11.5 Å². The first-order chi connectivity index (χ1) is 8.65. The largest absolute Gasteiger partial charge is 0.508 e. The molecule has 0 spiro atoms. The van der Waals surface area contributed by atoms with Crippen molar-refractivity contribution >= 4 is 5.78 Å². The topological polar surface area (TPSA) is 40.5 Å². The standard InChI is InChI=1S/C15H21NO2/c1-12(17)9-14-6-2-3-8-16(14)11-13-5-4-7-15(18)10-13/h4-5,7,10,14,18H,2-3,6,8-9,11H2,1H3. The van der Waals surface area contributed by atoms with E-state index in [1.54, 1.807) is 19.1 Å². The summed E-state index contributed by atoms with van der Waals surface area (Å²) in [4.78, 5) is 13.7. The summed E-state index contributed by atoms with van der Waals surface area (Å²) in [6.07, 6.45) is 4.18. The number of benzene rings is 1. The molecule has 98 valence electrons. The summed E-state index contributed by atoms with van der Waals surface area (Å²) >= 11 is 0. The minimum atomic E-state index is 0.266. The van der Waals surface area contributed by atoms with Gasteiger partial charge in [-0.25, -0.2) is 0 Å². The van der Waals surface area contributed by atoms with Crippen LogP contribution in [0.15, 0.2) is 24.3 Å². The Morgan fingerprint density at radius 3 is 3.00 bits per heavy atom. The van der Waals surface area contributed by atoms with Crippen molar-refractivity contribution in [2.45, 2.75) is 45.2 Å². The Balaban J connectivity index is 2.03. The summed E-state index contributed by atoms with van der Waals surface area (Å²) in [5.74, 6) is 0.579. The lowest BCUT2D eigenvalue weighted by atomic mass is 9.97. The number of hydrogen-bond acceptors (Lipinski definition) is 3. The van der Waals surface area contributed by atoms with Gasteiger partial charge < -0.3 is 5.11 Å². The number of carbonyl (C=O) groups excluding carboxylic acids is 1. The molecule has 0 aliphatic carbocycles. The van der Waals surface area contributed by atoms with Crippen molar-refractivity contribution in [2.75, 3.05) is 6.54 Å². The van der Waals surface area contributed by atoms with Crippen LogP contribution in [0.2, 0.25) is 0 Å². The first kappa shape index (κ1) is 13.1. The highest BCUT2D eigenvalue weighted by atomic mass is 16.3. The van der Waals surface area contributed by atoms with Gasteiger partial charge in [0, 0.05) is 19.0 Å². The zero-order valence-electron chi connectivity index (χ0n) is 10.9. The molecule has 2 rings (SSSR count). The van der Waals surface area contributed by atoms with Crippen molar-refractivity contribution in [3.05, 3.63) is 29.8 Å². The molecule has 3 nitrogen and oxygen atoms in total. The molecule has 1 aliphatic heterocycles. The maximum atomic E-state index is 11.3. The maximum absolute atomic E-state index is 11.3. The van der Waals surface area contributed by atoms with Crippen LogP contribution in [0.3, 0.4) is 0 Å². The fourth-order valence-corrected chi connectivity index (χ4v) is 2.72. The third-order valence-electron chi connectivity index (χ3n) is 3.57. The number of rotatable bonds is 4. The van der Waals surface area contributed by atoms with Gasteiger partial charge in [0.2, 0.25) is 0 Å². The summed E-state index contributed by atoms with van der Waals surface area (Å²) in [6.45, 7) is 3.54. The minimum Gasteiger partial charge on any atom is -0.508 e. The molecule has 1 aromatic rings. The van der Waals surface area contributed by atoms with Gasteiger partial charge in [-0.1, -0.05) is 18.6 Å². The zero-order valence-corrected chi connectivity index (χ0v) is 10.9. The number of phenols is 1. The van der Waals surface area contributed by atoms with Crippen LogP contribution in [0.5, 0.6) is 5.75 Å². The van der Waals surface area contributed by atoms with Crippen molar-refractivity contribution < 1.29 is 9.90 Å². The molecule has 1 unspecified atom stereocenters. The maximum Gasteiger partial charge on any atom is 0.131 e. The van der Waals surface area contributed by atoms with E-state index < -0.39 is 0 Å². The van der Waals surface area contributed by atoms with Crippen LogP contribution in [0, 0.1) is 0 Å². The van der Waals surface area contributed by atoms with Gasteiger partial charge in [-0.15, -0.1) is 0 Å². The van der Waals surface area contributed by atoms with Crippen molar-refractivity contribution in [1.82, 2.24) is 4.90 Å². The molecule has 3 heteroatoms. The fraction of sp³-hybridized carbons (Fsp3) is 0.533. The molecule has 0 aromatic heterocycles. The number of ketones is 1. The molecule has 0 amide bonds. The van der Waals surface area contributed by atoms with Crippen LogP contribution in [0.4, 0.5) is 0 Å². The average Bonchev–Trinajstić information content (AvgIpc) is 2.31. The molecule has 1 heterocycles. The molecular formula is C15H21NO2. The molecule has 1 N–H and O–H groups in total. The molecule has 1 fully saturated rings. The summed E-state index contributed by atoms with van der Waals surface area (Å²) in [6, 6.07) is 7.76. The van der Waals surface area contributed by atoms with Gasteiger partial charge in [-0.05, 0) is 44.0 Å². The summed E-state index contributed by atoms with van der Waals surface area (Å²) < 4.78 is 0. The number of Topliss-reactive ketones (excluding diaryl/α,β-unsaturated/α-hetero) is 1. The van der Waals surface area contributed by atoms with Gasteiger partial charge in [0.25, 0.3) is 0 Å². The molecular weight excluding hydrogens is 226 g/mol. The quantitative estimate of drug-likeness (QED) is 0.889. The molecule has 0 bridgehead atoms. The van der Waals surface area contributed by atoms with E-state index in [9.17, 15) is 9.90 Å². The number of aromatic hydroxyl groups is 1. The molecule has 0 saturated carbocycles. The van der Waals surface area contributed by atoms with E-state index in [2.05, 4.69) is 4.90 Å². The van der Waals surface area contributed by atoms with Crippen molar-refractivity contribution in [3.63, 3.8) is 0 Å². The molecule has 18 heavy (non-hydrogen) atoms. The first-order valence-electron chi connectivity index (χ1n) is 6.66. The van der Waals surface area contributed by atoms with E-state index in [-0.39, 0.29) is 5.78 Å². The van der Waals surface area contributed by atoms with Gasteiger partial charge in [0.15, 0.2) is 0 Å². The van der Waals surface area contributed by atoms with Gasteiger partial charge in [0.05, 0.1) is 0 Å². The molecule has 1 aliphatic rings. The fourth-order valence-electron chi connectivity index (χ4n) is 2.72. The van der Waals surface area contributed by atoms with E-state index in [0.29, 0.717) is 18.2 Å². The normalized spacial score (nSPS) is 20.8. The third-order valence-corrected chi connectivity index (χ3v) is 3.57. The third kappa shape index (κ3) is 3.57. The van der Waals surface area contributed by atoms with Gasteiger partial charge in [-0.2, -0.15) is 0 Å². The molecule has 1 aromatic carbocycles. The Morgan fingerprint density at radius 2 is 2.28 bits per heavy atom. The number of hydrogen-bond donors (Lipinski definition) is 1. The smallest absolute Gasteiger partial charge is 0.131 e.